The van der Waals surface area contributed by atoms with E-state index in [1.807, 2.05) is 17.9 Å². The maximum atomic E-state index is 5.20. The van der Waals surface area contributed by atoms with Crippen LogP contribution < -0.4 is 5.32 Å². The van der Waals surface area contributed by atoms with Gasteiger partial charge < -0.3 is 5.32 Å². The first-order valence-electron chi connectivity index (χ1n) is 5.02. The normalized spacial score (nSPS) is 15.1. The fraction of sp³-hybridized carbons (Fsp3) is 0.545. The van der Waals surface area contributed by atoms with Gasteiger partial charge in [0.1, 0.15) is 0 Å². The monoisotopic (exact) mass is 189 g/mol. The molecule has 3 nitrogen and oxygen atoms in total. The molecule has 1 heterocycles. The summed E-state index contributed by atoms with van der Waals surface area (Å²) < 4.78 is 1.97. The van der Waals surface area contributed by atoms with Crippen LogP contribution in [0, 0.1) is 12.3 Å². The lowest BCUT2D eigenvalue weighted by molar-refractivity contribution is 0.714. The summed E-state index contributed by atoms with van der Waals surface area (Å²) >= 11 is 0. The highest BCUT2D eigenvalue weighted by Gasteiger charge is 2.29. The average molecular weight is 189 g/mol. The maximum Gasteiger partial charge on any atom is 0.0762 e. The van der Waals surface area contributed by atoms with Crippen molar-refractivity contribution in [1.29, 1.82) is 0 Å². The van der Waals surface area contributed by atoms with E-state index in [1.54, 1.807) is 0 Å². The van der Waals surface area contributed by atoms with E-state index in [9.17, 15) is 0 Å². The van der Waals surface area contributed by atoms with E-state index < -0.39 is 0 Å². The number of nitrogens with one attached hydrogen (secondary N) is 1. The lowest BCUT2D eigenvalue weighted by atomic mass is 10.2. The van der Waals surface area contributed by atoms with Gasteiger partial charge in [-0.3, -0.25) is 4.68 Å². The molecule has 1 aliphatic carbocycles. The molecule has 3 heteroatoms. The Kier molecular flexibility index (Phi) is 2.45. The summed E-state index contributed by atoms with van der Waals surface area (Å²) in [7, 11) is 2.00. The van der Waals surface area contributed by atoms with Crippen LogP contribution in [0.1, 0.15) is 30.9 Å². The van der Waals surface area contributed by atoms with Crippen molar-refractivity contribution in [3.05, 3.63) is 11.9 Å². The Hall–Kier alpha value is -1.43. The standard InChI is InChI=1S/C11H15N3/c1-3-4-7-12-10-8-13-14(2)11(10)9-5-6-9/h1,8-9,12H,4-7H2,2H3. The molecule has 1 aliphatic rings. The fourth-order valence-electron chi connectivity index (χ4n) is 1.69. The summed E-state index contributed by atoms with van der Waals surface area (Å²) in [6, 6.07) is 0. The average Bonchev–Trinajstić information content (AvgIpc) is 2.93. The van der Waals surface area contributed by atoms with Crippen LogP contribution in [0.4, 0.5) is 5.69 Å². The predicted octanol–water partition coefficient (Wildman–Crippen LogP) is 1.73. The highest BCUT2D eigenvalue weighted by Crippen LogP contribution is 2.42. The Morgan fingerprint density at radius 3 is 3.14 bits per heavy atom. The van der Waals surface area contributed by atoms with Crippen molar-refractivity contribution < 1.29 is 0 Å². The lowest BCUT2D eigenvalue weighted by Crippen LogP contribution is -2.03. The van der Waals surface area contributed by atoms with E-state index >= 15 is 0 Å². The predicted molar refractivity (Wildman–Crippen MR) is 57.1 cm³/mol. The minimum absolute atomic E-state index is 0.718. The fourth-order valence-corrected chi connectivity index (χ4v) is 1.69. The van der Waals surface area contributed by atoms with E-state index in [4.69, 9.17) is 6.42 Å². The topological polar surface area (TPSA) is 29.9 Å². The molecule has 74 valence electrons. The van der Waals surface area contributed by atoms with Crippen molar-refractivity contribution in [2.75, 3.05) is 11.9 Å². The maximum absolute atomic E-state index is 5.20. The van der Waals surface area contributed by atoms with Crippen molar-refractivity contribution in [1.82, 2.24) is 9.78 Å². The molecular formula is C11H15N3. The zero-order chi connectivity index (χ0) is 9.97. The second-order valence-electron chi connectivity index (χ2n) is 3.72. The van der Waals surface area contributed by atoms with Crippen LogP contribution in [-0.4, -0.2) is 16.3 Å². The SMILES string of the molecule is C#CCCNc1cnn(C)c1C1CC1. The summed E-state index contributed by atoms with van der Waals surface area (Å²) in [4.78, 5) is 0. The molecule has 0 spiro atoms. The number of nitrogens with zero attached hydrogens (tertiary/aromatic N) is 2. The Morgan fingerprint density at radius 2 is 2.50 bits per heavy atom. The number of hydrogen-bond donors (Lipinski definition) is 1. The van der Waals surface area contributed by atoms with E-state index in [1.165, 1.54) is 18.5 Å². The highest BCUT2D eigenvalue weighted by molar-refractivity contribution is 5.49. The van der Waals surface area contributed by atoms with Crippen molar-refractivity contribution >= 4 is 5.69 Å². The van der Waals surface area contributed by atoms with Crippen LogP contribution in [0.15, 0.2) is 6.20 Å². The van der Waals surface area contributed by atoms with Crippen molar-refractivity contribution in [2.45, 2.75) is 25.2 Å². The number of rotatable bonds is 4. The largest absolute Gasteiger partial charge is 0.381 e. The molecular weight excluding hydrogens is 174 g/mol. The first-order valence-corrected chi connectivity index (χ1v) is 5.02. The minimum Gasteiger partial charge on any atom is -0.381 e. The second-order valence-corrected chi connectivity index (χ2v) is 3.72. The van der Waals surface area contributed by atoms with E-state index in [-0.39, 0.29) is 0 Å². The van der Waals surface area contributed by atoms with Gasteiger partial charge in [-0.15, -0.1) is 12.3 Å². The van der Waals surface area contributed by atoms with Crippen LogP contribution in [0.5, 0.6) is 0 Å². The van der Waals surface area contributed by atoms with Crippen molar-refractivity contribution in [2.24, 2.45) is 7.05 Å². The molecule has 0 atom stereocenters. The Balaban J connectivity index is 2.05. The Labute approximate surface area is 84.5 Å². The van der Waals surface area contributed by atoms with Gasteiger partial charge in [-0.1, -0.05) is 0 Å². The third-order valence-corrected chi connectivity index (χ3v) is 2.53. The smallest absolute Gasteiger partial charge is 0.0762 e. The summed E-state index contributed by atoms with van der Waals surface area (Å²) in [5.41, 5.74) is 2.49. The number of anilines is 1. The zero-order valence-corrected chi connectivity index (χ0v) is 8.45. The summed E-state index contributed by atoms with van der Waals surface area (Å²) in [5.74, 6) is 3.34. The van der Waals surface area contributed by atoms with Crippen LogP contribution in [0.3, 0.4) is 0 Å². The van der Waals surface area contributed by atoms with Crippen LogP contribution in [0.2, 0.25) is 0 Å². The van der Waals surface area contributed by atoms with E-state index in [0.29, 0.717) is 0 Å². The van der Waals surface area contributed by atoms with Gasteiger partial charge in [0.05, 0.1) is 17.6 Å². The number of terminal acetylenes is 1. The highest BCUT2D eigenvalue weighted by atomic mass is 15.3. The molecule has 14 heavy (non-hydrogen) atoms. The molecule has 0 unspecified atom stereocenters. The minimum atomic E-state index is 0.718. The third-order valence-electron chi connectivity index (χ3n) is 2.53. The number of aromatic nitrogens is 2. The Bertz CT molecular complexity index is 355. The quantitative estimate of drug-likeness (QED) is 0.577. The molecule has 0 amide bonds. The lowest BCUT2D eigenvalue weighted by Gasteiger charge is -2.05. The molecule has 2 rings (SSSR count). The molecule has 0 radical (unpaired) electrons. The van der Waals surface area contributed by atoms with Gasteiger partial charge in [-0.25, -0.2) is 0 Å². The molecule has 1 aromatic heterocycles. The molecule has 0 aliphatic heterocycles. The van der Waals surface area contributed by atoms with Crippen LogP contribution in [-0.2, 0) is 7.05 Å². The van der Waals surface area contributed by atoms with Gasteiger partial charge in [0.25, 0.3) is 0 Å². The molecule has 0 saturated heterocycles. The number of hydrogen-bond acceptors (Lipinski definition) is 2. The molecule has 0 aromatic carbocycles. The van der Waals surface area contributed by atoms with Crippen molar-refractivity contribution in [3.63, 3.8) is 0 Å². The first-order chi connectivity index (χ1) is 6.83. The molecule has 1 aromatic rings. The van der Waals surface area contributed by atoms with E-state index in [0.717, 1.165) is 24.6 Å². The second kappa shape index (κ2) is 3.75. The van der Waals surface area contributed by atoms with Gasteiger partial charge in [0.15, 0.2) is 0 Å². The molecule has 1 saturated carbocycles. The van der Waals surface area contributed by atoms with Gasteiger partial charge in [0.2, 0.25) is 0 Å². The van der Waals surface area contributed by atoms with Gasteiger partial charge in [-0.05, 0) is 12.8 Å². The Morgan fingerprint density at radius 1 is 1.71 bits per heavy atom. The van der Waals surface area contributed by atoms with Gasteiger partial charge in [-0.2, -0.15) is 5.10 Å². The van der Waals surface area contributed by atoms with E-state index in [2.05, 4.69) is 16.3 Å². The summed E-state index contributed by atoms with van der Waals surface area (Å²) in [5, 5.41) is 7.59. The van der Waals surface area contributed by atoms with Gasteiger partial charge >= 0.3 is 0 Å². The molecule has 1 N–H and O–H groups in total. The first kappa shape index (κ1) is 9.14. The van der Waals surface area contributed by atoms with Gasteiger partial charge in [0, 0.05) is 25.9 Å². The number of aryl methyl sites for hydroxylation is 1. The zero-order valence-electron chi connectivity index (χ0n) is 8.45. The molecule has 1 fully saturated rings. The van der Waals surface area contributed by atoms with Crippen LogP contribution >= 0.6 is 0 Å². The molecule has 0 bridgehead atoms. The van der Waals surface area contributed by atoms with Crippen LogP contribution in [0.25, 0.3) is 0 Å². The summed E-state index contributed by atoms with van der Waals surface area (Å²) in [6.07, 6.45) is 10.4. The third kappa shape index (κ3) is 1.74. The van der Waals surface area contributed by atoms with Crippen molar-refractivity contribution in [3.8, 4) is 12.3 Å². The summed E-state index contributed by atoms with van der Waals surface area (Å²) in [6.45, 7) is 0.835.